The van der Waals surface area contributed by atoms with Gasteiger partial charge in [-0.1, -0.05) is 17.7 Å². The van der Waals surface area contributed by atoms with E-state index in [-0.39, 0.29) is 0 Å². The van der Waals surface area contributed by atoms with Crippen molar-refractivity contribution in [2.75, 3.05) is 0 Å². The van der Waals surface area contributed by atoms with E-state index in [1.54, 1.807) is 12.2 Å². The Morgan fingerprint density at radius 1 is 1.50 bits per heavy atom. The molecule has 0 heterocycles. The molecule has 54 valence electrons. The molecule has 2 N–H and O–H groups in total. The fourth-order valence-electron chi connectivity index (χ4n) is 0.869. The van der Waals surface area contributed by atoms with Gasteiger partial charge in [0.2, 0.25) is 0 Å². The van der Waals surface area contributed by atoms with Crippen LogP contribution in [0.25, 0.3) is 0 Å². The van der Waals surface area contributed by atoms with Crippen LogP contribution in [0.2, 0.25) is 0 Å². The van der Waals surface area contributed by atoms with Gasteiger partial charge in [-0.2, -0.15) is 0 Å². The second kappa shape index (κ2) is 3.24. The second-order valence-electron chi connectivity index (χ2n) is 2.21. The van der Waals surface area contributed by atoms with Crippen LogP contribution in [0.1, 0.15) is 12.8 Å². The zero-order chi connectivity index (χ0) is 7.56. The van der Waals surface area contributed by atoms with Crippen molar-refractivity contribution in [2.45, 2.75) is 12.8 Å². The molecule has 0 aliphatic heterocycles. The van der Waals surface area contributed by atoms with Gasteiger partial charge in [-0.3, -0.25) is 0 Å². The molecule has 0 aromatic rings. The van der Waals surface area contributed by atoms with Gasteiger partial charge < -0.3 is 10.0 Å². The Bertz CT molecular complexity index is 186. The molecule has 1 aliphatic rings. The summed E-state index contributed by atoms with van der Waals surface area (Å²) in [6.45, 7) is 0. The van der Waals surface area contributed by atoms with E-state index < -0.39 is 7.12 Å². The molecule has 0 bridgehead atoms. The first kappa shape index (κ1) is 7.86. The monoisotopic (exact) mass is 158 g/mol. The molecule has 0 spiro atoms. The van der Waals surface area contributed by atoms with Crippen LogP contribution < -0.4 is 0 Å². The third-order valence-electron chi connectivity index (χ3n) is 1.38. The second-order valence-corrected chi connectivity index (χ2v) is 2.69. The molecule has 0 saturated carbocycles. The standard InChI is InChI=1S/C6H8BClO2/c8-6-3-1-2-5(4-6)7(9)10/h2,4,9-10H,1,3H2. The summed E-state index contributed by atoms with van der Waals surface area (Å²) in [6, 6.07) is 0. The Labute approximate surface area is 65.0 Å². The molecule has 0 atom stereocenters. The van der Waals surface area contributed by atoms with Crippen LogP contribution in [0.15, 0.2) is 22.7 Å². The van der Waals surface area contributed by atoms with E-state index >= 15 is 0 Å². The van der Waals surface area contributed by atoms with Crippen LogP contribution in [0.5, 0.6) is 0 Å². The normalized spacial score (nSPS) is 17.9. The Kier molecular flexibility index (Phi) is 2.54. The molecule has 0 saturated heterocycles. The van der Waals surface area contributed by atoms with Crippen molar-refractivity contribution in [1.29, 1.82) is 0 Å². The highest BCUT2D eigenvalue weighted by Gasteiger charge is 2.14. The van der Waals surface area contributed by atoms with E-state index in [1.165, 1.54) is 0 Å². The fourth-order valence-corrected chi connectivity index (χ4v) is 1.10. The number of rotatable bonds is 1. The minimum Gasteiger partial charge on any atom is -0.423 e. The molecule has 0 amide bonds. The minimum absolute atomic E-state index is 0.497. The van der Waals surface area contributed by atoms with Crippen LogP contribution in [0.4, 0.5) is 0 Å². The van der Waals surface area contributed by atoms with Crippen molar-refractivity contribution in [3.05, 3.63) is 22.7 Å². The van der Waals surface area contributed by atoms with Gasteiger partial charge in [0, 0.05) is 5.03 Å². The van der Waals surface area contributed by atoms with Crippen molar-refractivity contribution >= 4 is 18.7 Å². The quantitative estimate of drug-likeness (QED) is 0.555. The molecule has 1 aliphatic carbocycles. The largest absolute Gasteiger partial charge is 0.488 e. The van der Waals surface area contributed by atoms with Crippen LogP contribution in [0, 0.1) is 0 Å². The first-order valence-corrected chi connectivity index (χ1v) is 3.50. The third kappa shape index (κ3) is 1.87. The van der Waals surface area contributed by atoms with Crippen molar-refractivity contribution < 1.29 is 10.0 Å². The average molecular weight is 158 g/mol. The van der Waals surface area contributed by atoms with E-state index in [4.69, 9.17) is 21.6 Å². The average Bonchev–Trinajstić information content (AvgIpc) is 1.88. The third-order valence-corrected chi connectivity index (χ3v) is 1.68. The predicted molar refractivity (Wildman–Crippen MR) is 41.4 cm³/mol. The summed E-state index contributed by atoms with van der Waals surface area (Å²) < 4.78 is 0. The lowest BCUT2D eigenvalue weighted by molar-refractivity contribution is 0.420. The van der Waals surface area contributed by atoms with Gasteiger partial charge in [0.15, 0.2) is 0 Å². The van der Waals surface area contributed by atoms with Gasteiger partial charge in [0.25, 0.3) is 0 Å². The van der Waals surface area contributed by atoms with Crippen LogP contribution in [-0.2, 0) is 0 Å². The molecule has 2 nitrogen and oxygen atoms in total. The van der Waals surface area contributed by atoms with E-state index in [2.05, 4.69) is 0 Å². The summed E-state index contributed by atoms with van der Waals surface area (Å²) in [5.74, 6) is 0. The maximum Gasteiger partial charge on any atom is 0.488 e. The van der Waals surface area contributed by atoms with Crippen molar-refractivity contribution in [3.63, 3.8) is 0 Å². The summed E-state index contributed by atoms with van der Waals surface area (Å²) >= 11 is 5.65. The summed E-state index contributed by atoms with van der Waals surface area (Å²) in [4.78, 5) is 0. The van der Waals surface area contributed by atoms with Gasteiger partial charge in [-0.05, 0) is 24.4 Å². The molecule has 0 radical (unpaired) electrons. The Morgan fingerprint density at radius 2 is 2.20 bits per heavy atom. The molecule has 0 unspecified atom stereocenters. The van der Waals surface area contributed by atoms with Crippen molar-refractivity contribution in [1.82, 2.24) is 0 Å². The number of allylic oxidation sites excluding steroid dienone is 4. The van der Waals surface area contributed by atoms with E-state index in [0.29, 0.717) is 10.5 Å². The lowest BCUT2D eigenvalue weighted by atomic mass is 9.77. The highest BCUT2D eigenvalue weighted by molar-refractivity contribution is 6.52. The van der Waals surface area contributed by atoms with E-state index in [9.17, 15) is 0 Å². The lowest BCUT2D eigenvalue weighted by Gasteiger charge is -2.07. The molecule has 0 fully saturated rings. The smallest absolute Gasteiger partial charge is 0.423 e. The first-order valence-electron chi connectivity index (χ1n) is 3.12. The van der Waals surface area contributed by atoms with Crippen molar-refractivity contribution in [2.24, 2.45) is 0 Å². The topological polar surface area (TPSA) is 40.5 Å². The lowest BCUT2D eigenvalue weighted by Crippen LogP contribution is -2.15. The summed E-state index contributed by atoms with van der Waals surface area (Å²) in [5, 5.41) is 18.0. The first-order chi connectivity index (χ1) is 4.70. The van der Waals surface area contributed by atoms with Gasteiger partial charge in [0.05, 0.1) is 0 Å². The maximum absolute atomic E-state index is 8.68. The van der Waals surface area contributed by atoms with Gasteiger partial charge in [-0.25, -0.2) is 0 Å². The van der Waals surface area contributed by atoms with Crippen LogP contribution >= 0.6 is 11.6 Å². The molecule has 4 heteroatoms. The van der Waals surface area contributed by atoms with E-state index in [1.807, 2.05) is 0 Å². The van der Waals surface area contributed by atoms with E-state index in [0.717, 1.165) is 12.8 Å². The fraction of sp³-hybridized carbons (Fsp3) is 0.333. The summed E-state index contributed by atoms with van der Waals surface area (Å²) in [7, 11) is -1.38. The van der Waals surface area contributed by atoms with Gasteiger partial charge in [0.1, 0.15) is 0 Å². The van der Waals surface area contributed by atoms with Crippen LogP contribution in [-0.4, -0.2) is 17.2 Å². The van der Waals surface area contributed by atoms with Crippen molar-refractivity contribution in [3.8, 4) is 0 Å². The molecule has 0 aromatic carbocycles. The Hall–Kier alpha value is -0.245. The summed E-state index contributed by atoms with van der Waals surface area (Å²) in [6.07, 6.45) is 4.96. The maximum atomic E-state index is 8.68. The highest BCUT2D eigenvalue weighted by Crippen LogP contribution is 2.20. The molecule has 10 heavy (non-hydrogen) atoms. The molecular weight excluding hydrogens is 150 g/mol. The zero-order valence-electron chi connectivity index (χ0n) is 5.42. The number of hydrogen-bond donors (Lipinski definition) is 2. The van der Waals surface area contributed by atoms with Gasteiger partial charge >= 0.3 is 7.12 Å². The van der Waals surface area contributed by atoms with Gasteiger partial charge in [-0.15, -0.1) is 0 Å². The minimum atomic E-state index is -1.38. The molecule has 1 rings (SSSR count). The highest BCUT2D eigenvalue weighted by atomic mass is 35.5. The zero-order valence-corrected chi connectivity index (χ0v) is 6.17. The SMILES string of the molecule is OB(O)C1=CCCC(Cl)=C1. The molecule has 0 aromatic heterocycles. The number of hydrogen-bond acceptors (Lipinski definition) is 2. The summed E-state index contributed by atoms with van der Waals surface area (Å²) in [5.41, 5.74) is 0.497. The predicted octanol–water partition coefficient (Wildman–Crippen LogP) is 0.841. The molecular formula is C6H8BClO2. The Balaban J connectivity index is 2.69. The Morgan fingerprint density at radius 3 is 2.60 bits per heavy atom. The number of halogens is 1. The van der Waals surface area contributed by atoms with Crippen LogP contribution in [0.3, 0.4) is 0 Å².